The molecule has 2 heterocycles. The number of benzene rings is 2. The van der Waals surface area contributed by atoms with Crippen LogP contribution in [0.4, 0.5) is 0 Å². The van der Waals surface area contributed by atoms with Crippen molar-refractivity contribution >= 4 is 0 Å². The summed E-state index contributed by atoms with van der Waals surface area (Å²) in [6.07, 6.45) is 0. The molecular formula is C21H16O6. The standard InChI is InChI=1S/C21H16O6/c1-12-8-10-15(11-9-12)19-17(25-21(23)27-19)13(2)16-18(26-20(22)24-16)14-6-4-3-5-7-14/h3-11,13H,1-2H3. The lowest BCUT2D eigenvalue weighted by Gasteiger charge is -2.08. The number of aryl methyl sites for hydroxylation is 1. The van der Waals surface area contributed by atoms with E-state index in [9.17, 15) is 9.59 Å². The summed E-state index contributed by atoms with van der Waals surface area (Å²) in [6.45, 7) is 3.72. The van der Waals surface area contributed by atoms with Gasteiger partial charge in [0.15, 0.2) is 23.0 Å². The van der Waals surface area contributed by atoms with Gasteiger partial charge in [-0.1, -0.05) is 60.2 Å². The van der Waals surface area contributed by atoms with E-state index in [1.807, 2.05) is 49.4 Å². The average molecular weight is 364 g/mol. The van der Waals surface area contributed by atoms with E-state index in [-0.39, 0.29) is 11.5 Å². The van der Waals surface area contributed by atoms with Gasteiger partial charge in [0.2, 0.25) is 0 Å². The van der Waals surface area contributed by atoms with E-state index < -0.39 is 17.6 Å². The highest BCUT2D eigenvalue weighted by molar-refractivity contribution is 5.64. The first-order valence-electron chi connectivity index (χ1n) is 8.43. The Balaban J connectivity index is 1.84. The highest BCUT2D eigenvalue weighted by atomic mass is 16.6. The molecule has 0 aliphatic heterocycles. The Hall–Kier alpha value is -3.54. The van der Waals surface area contributed by atoms with Crippen LogP contribution in [0.5, 0.6) is 0 Å². The molecule has 0 spiro atoms. The van der Waals surface area contributed by atoms with Crippen molar-refractivity contribution < 1.29 is 17.7 Å². The Kier molecular flexibility index (Phi) is 4.16. The molecule has 6 nitrogen and oxygen atoms in total. The van der Waals surface area contributed by atoms with Gasteiger partial charge in [0.1, 0.15) is 0 Å². The third-order valence-electron chi connectivity index (χ3n) is 4.34. The Morgan fingerprint density at radius 1 is 0.667 bits per heavy atom. The molecule has 27 heavy (non-hydrogen) atoms. The Morgan fingerprint density at radius 2 is 1.15 bits per heavy atom. The second-order valence-electron chi connectivity index (χ2n) is 6.25. The van der Waals surface area contributed by atoms with Gasteiger partial charge < -0.3 is 17.7 Å². The van der Waals surface area contributed by atoms with Crippen LogP contribution in [0.3, 0.4) is 0 Å². The van der Waals surface area contributed by atoms with Gasteiger partial charge in [0, 0.05) is 11.1 Å². The summed E-state index contributed by atoms with van der Waals surface area (Å²) in [5.41, 5.74) is 2.46. The van der Waals surface area contributed by atoms with Crippen LogP contribution in [0.2, 0.25) is 0 Å². The summed E-state index contributed by atoms with van der Waals surface area (Å²) in [6, 6.07) is 16.6. The van der Waals surface area contributed by atoms with E-state index in [1.165, 1.54) is 0 Å². The van der Waals surface area contributed by atoms with Gasteiger partial charge in [0.05, 0.1) is 5.92 Å². The van der Waals surface area contributed by atoms with Crippen LogP contribution in [0.15, 0.2) is 81.9 Å². The molecule has 2 aromatic carbocycles. The van der Waals surface area contributed by atoms with Gasteiger partial charge in [-0.25, -0.2) is 9.59 Å². The van der Waals surface area contributed by atoms with Crippen molar-refractivity contribution in [2.75, 3.05) is 0 Å². The molecular weight excluding hydrogens is 348 g/mol. The summed E-state index contributed by atoms with van der Waals surface area (Å²) in [5.74, 6) is -1.08. The zero-order chi connectivity index (χ0) is 19.0. The van der Waals surface area contributed by atoms with E-state index in [1.54, 1.807) is 19.1 Å². The second-order valence-corrected chi connectivity index (χ2v) is 6.25. The molecule has 1 unspecified atom stereocenters. The van der Waals surface area contributed by atoms with E-state index in [0.717, 1.165) is 5.56 Å². The van der Waals surface area contributed by atoms with Gasteiger partial charge in [-0.05, 0) is 13.8 Å². The molecule has 4 rings (SSSR count). The monoisotopic (exact) mass is 364 g/mol. The first-order chi connectivity index (χ1) is 13.0. The van der Waals surface area contributed by atoms with Crippen molar-refractivity contribution in [1.29, 1.82) is 0 Å². The van der Waals surface area contributed by atoms with Crippen molar-refractivity contribution in [2.45, 2.75) is 19.8 Å². The largest absolute Gasteiger partial charge is 0.519 e. The van der Waals surface area contributed by atoms with Crippen LogP contribution in [-0.2, 0) is 0 Å². The summed E-state index contributed by atoms with van der Waals surface area (Å²) in [4.78, 5) is 23.6. The molecule has 0 fully saturated rings. The molecule has 0 N–H and O–H groups in total. The molecule has 136 valence electrons. The number of hydrogen-bond donors (Lipinski definition) is 0. The van der Waals surface area contributed by atoms with Gasteiger partial charge in [-0.15, -0.1) is 0 Å². The lowest BCUT2D eigenvalue weighted by molar-refractivity contribution is 0.351. The summed E-state index contributed by atoms with van der Waals surface area (Å²) < 4.78 is 21.1. The topological polar surface area (TPSA) is 86.7 Å². The predicted octanol–water partition coefficient (Wildman–Crippen LogP) is 4.57. The molecule has 6 heteroatoms. The van der Waals surface area contributed by atoms with Crippen LogP contribution < -0.4 is 11.6 Å². The first kappa shape index (κ1) is 16.9. The quantitative estimate of drug-likeness (QED) is 0.527. The average Bonchev–Trinajstić information content (AvgIpc) is 3.25. The second kappa shape index (κ2) is 6.64. The minimum Gasteiger partial charge on any atom is -0.394 e. The van der Waals surface area contributed by atoms with Crippen LogP contribution in [0.1, 0.15) is 29.9 Å². The van der Waals surface area contributed by atoms with Crippen molar-refractivity contribution in [3.05, 3.63) is 92.9 Å². The third-order valence-corrected chi connectivity index (χ3v) is 4.34. The maximum absolute atomic E-state index is 11.8. The van der Waals surface area contributed by atoms with Gasteiger partial charge >= 0.3 is 11.6 Å². The molecule has 0 radical (unpaired) electrons. The number of rotatable bonds is 4. The molecule has 0 amide bonds. The predicted molar refractivity (Wildman–Crippen MR) is 97.6 cm³/mol. The van der Waals surface area contributed by atoms with Gasteiger partial charge in [-0.3, -0.25) is 0 Å². The van der Waals surface area contributed by atoms with Crippen LogP contribution in [-0.4, -0.2) is 0 Å². The lowest BCUT2D eigenvalue weighted by Crippen LogP contribution is -1.98. The van der Waals surface area contributed by atoms with Crippen LogP contribution >= 0.6 is 0 Å². The SMILES string of the molecule is Cc1ccc(-c2oc(=O)oc2C(C)c2oc(=O)oc2-c2ccccc2)cc1. The van der Waals surface area contributed by atoms with Crippen molar-refractivity contribution in [2.24, 2.45) is 0 Å². The fourth-order valence-corrected chi connectivity index (χ4v) is 2.97. The minimum atomic E-state index is -0.821. The van der Waals surface area contributed by atoms with Crippen molar-refractivity contribution in [1.82, 2.24) is 0 Å². The van der Waals surface area contributed by atoms with E-state index >= 15 is 0 Å². The molecule has 2 aromatic heterocycles. The van der Waals surface area contributed by atoms with Crippen LogP contribution in [0.25, 0.3) is 22.6 Å². The molecule has 0 aliphatic rings. The lowest BCUT2D eigenvalue weighted by atomic mass is 9.98. The van der Waals surface area contributed by atoms with Crippen molar-refractivity contribution in [3.63, 3.8) is 0 Å². The molecule has 0 saturated carbocycles. The van der Waals surface area contributed by atoms with Crippen molar-refractivity contribution in [3.8, 4) is 22.6 Å². The van der Waals surface area contributed by atoms with Gasteiger partial charge in [0.25, 0.3) is 0 Å². The normalized spacial score (nSPS) is 12.2. The zero-order valence-corrected chi connectivity index (χ0v) is 14.7. The summed E-state index contributed by atoms with van der Waals surface area (Å²) in [7, 11) is 0. The summed E-state index contributed by atoms with van der Waals surface area (Å²) in [5, 5.41) is 0. The molecule has 0 aliphatic carbocycles. The molecule has 0 saturated heterocycles. The van der Waals surface area contributed by atoms with E-state index in [2.05, 4.69) is 0 Å². The zero-order valence-electron chi connectivity index (χ0n) is 14.7. The Morgan fingerprint density at radius 3 is 1.67 bits per heavy atom. The fourth-order valence-electron chi connectivity index (χ4n) is 2.97. The highest BCUT2D eigenvalue weighted by Gasteiger charge is 2.29. The molecule has 0 bridgehead atoms. The maximum Gasteiger partial charge on any atom is 0.519 e. The van der Waals surface area contributed by atoms with Crippen LogP contribution in [0, 0.1) is 6.92 Å². The Labute approximate surface area is 153 Å². The van der Waals surface area contributed by atoms with E-state index in [4.69, 9.17) is 17.7 Å². The highest BCUT2D eigenvalue weighted by Crippen LogP contribution is 2.37. The Bertz CT molecular complexity index is 1170. The third kappa shape index (κ3) is 3.17. The minimum absolute atomic E-state index is 0.268. The number of hydrogen-bond acceptors (Lipinski definition) is 6. The van der Waals surface area contributed by atoms with Gasteiger partial charge in [-0.2, -0.15) is 0 Å². The molecule has 4 aromatic rings. The first-order valence-corrected chi connectivity index (χ1v) is 8.43. The fraction of sp³-hybridized carbons (Fsp3) is 0.143. The summed E-state index contributed by atoms with van der Waals surface area (Å²) >= 11 is 0. The smallest absolute Gasteiger partial charge is 0.394 e. The molecule has 1 atom stereocenters. The maximum atomic E-state index is 11.8. The van der Waals surface area contributed by atoms with E-state index in [0.29, 0.717) is 22.6 Å².